The molecule has 76 valence electrons. The molecule has 0 aromatic rings. The third kappa shape index (κ3) is 1.39. The van der Waals surface area contributed by atoms with Crippen molar-refractivity contribution in [2.75, 3.05) is 26.7 Å². The lowest BCUT2D eigenvalue weighted by Crippen LogP contribution is -2.55. The van der Waals surface area contributed by atoms with E-state index in [0.717, 1.165) is 6.04 Å². The fourth-order valence-corrected chi connectivity index (χ4v) is 2.66. The Morgan fingerprint density at radius 3 is 2.85 bits per heavy atom. The fraction of sp³-hybridized carbons (Fsp3) is 1.00. The molecule has 3 nitrogen and oxygen atoms in total. The summed E-state index contributed by atoms with van der Waals surface area (Å²) in [6, 6.07) is 0.762. The van der Waals surface area contributed by atoms with E-state index in [0.29, 0.717) is 5.54 Å². The van der Waals surface area contributed by atoms with Crippen molar-refractivity contribution < 1.29 is 0 Å². The zero-order valence-corrected chi connectivity index (χ0v) is 9.01. The first-order valence-electron chi connectivity index (χ1n) is 5.41. The van der Waals surface area contributed by atoms with Crippen LogP contribution in [0.25, 0.3) is 0 Å². The molecule has 0 amide bonds. The Labute approximate surface area is 81.1 Å². The van der Waals surface area contributed by atoms with E-state index >= 15 is 0 Å². The minimum Gasteiger partial charge on any atom is -0.295 e. The molecule has 1 unspecified atom stereocenters. The SMILES string of the molecule is CCCN1CCN(NC)[C@H]2CC21C. The van der Waals surface area contributed by atoms with Gasteiger partial charge in [0.15, 0.2) is 0 Å². The highest BCUT2D eigenvalue weighted by Gasteiger charge is 2.59. The second kappa shape index (κ2) is 3.23. The van der Waals surface area contributed by atoms with E-state index < -0.39 is 0 Å². The van der Waals surface area contributed by atoms with Gasteiger partial charge in [0.05, 0.1) is 0 Å². The van der Waals surface area contributed by atoms with Gasteiger partial charge in [-0.3, -0.25) is 10.3 Å². The van der Waals surface area contributed by atoms with E-state index in [9.17, 15) is 0 Å². The number of hydrogen-bond acceptors (Lipinski definition) is 3. The van der Waals surface area contributed by atoms with Crippen LogP contribution in [0.15, 0.2) is 0 Å². The Morgan fingerprint density at radius 2 is 2.23 bits per heavy atom. The number of nitrogens with zero attached hydrogens (tertiary/aromatic N) is 2. The van der Waals surface area contributed by atoms with Gasteiger partial charge in [-0.2, -0.15) is 0 Å². The lowest BCUT2D eigenvalue weighted by Gasteiger charge is -2.38. The topological polar surface area (TPSA) is 18.5 Å². The van der Waals surface area contributed by atoms with Crippen LogP contribution in [0, 0.1) is 0 Å². The van der Waals surface area contributed by atoms with Gasteiger partial charge in [-0.15, -0.1) is 0 Å². The summed E-state index contributed by atoms with van der Waals surface area (Å²) < 4.78 is 0. The molecule has 2 rings (SSSR count). The second-order valence-corrected chi connectivity index (χ2v) is 4.48. The molecule has 1 saturated carbocycles. The lowest BCUT2D eigenvalue weighted by molar-refractivity contribution is 0.0542. The van der Waals surface area contributed by atoms with E-state index in [-0.39, 0.29) is 0 Å². The molecule has 1 aliphatic heterocycles. The van der Waals surface area contributed by atoms with Crippen molar-refractivity contribution in [2.45, 2.75) is 38.3 Å². The highest BCUT2D eigenvalue weighted by Crippen LogP contribution is 2.46. The van der Waals surface area contributed by atoms with Crippen LogP contribution >= 0.6 is 0 Å². The van der Waals surface area contributed by atoms with Crippen LogP contribution in [-0.2, 0) is 0 Å². The smallest absolute Gasteiger partial charge is 0.0444 e. The number of fused-ring (bicyclic) bond motifs is 1. The monoisotopic (exact) mass is 183 g/mol. The first-order valence-corrected chi connectivity index (χ1v) is 5.41. The van der Waals surface area contributed by atoms with Crippen LogP contribution in [0.4, 0.5) is 0 Å². The van der Waals surface area contributed by atoms with Crippen molar-refractivity contribution in [2.24, 2.45) is 0 Å². The Hall–Kier alpha value is -0.120. The Kier molecular flexibility index (Phi) is 2.34. The van der Waals surface area contributed by atoms with Gasteiger partial charge in [-0.05, 0) is 33.4 Å². The summed E-state index contributed by atoms with van der Waals surface area (Å²) in [6.45, 7) is 8.34. The van der Waals surface area contributed by atoms with Gasteiger partial charge in [0.25, 0.3) is 0 Å². The average molecular weight is 183 g/mol. The van der Waals surface area contributed by atoms with E-state index in [1.807, 2.05) is 7.05 Å². The lowest BCUT2D eigenvalue weighted by atomic mass is 10.2. The molecule has 1 saturated heterocycles. The third-order valence-corrected chi connectivity index (χ3v) is 3.65. The quantitative estimate of drug-likeness (QED) is 0.694. The van der Waals surface area contributed by atoms with Gasteiger partial charge in [-0.1, -0.05) is 6.92 Å². The molecule has 0 bridgehead atoms. The second-order valence-electron chi connectivity index (χ2n) is 4.48. The average Bonchev–Trinajstić information content (AvgIpc) is 2.80. The van der Waals surface area contributed by atoms with Gasteiger partial charge >= 0.3 is 0 Å². The molecule has 2 aliphatic rings. The highest BCUT2D eigenvalue weighted by atomic mass is 15.6. The Bertz CT molecular complexity index is 195. The van der Waals surface area contributed by atoms with Gasteiger partial charge < -0.3 is 0 Å². The summed E-state index contributed by atoms with van der Waals surface area (Å²) in [7, 11) is 2.04. The van der Waals surface area contributed by atoms with Crippen molar-refractivity contribution in [3.63, 3.8) is 0 Å². The van der Waals surface area contributed by atoms with Crippen molar-refractivity contribution in [1.29, 1.82) is 0 Å². The van der Waals surface area contributed by atoms with Crippen molar-refractivity contribution in [3.05, 3.63) is 0 Å². The van der Waals surface area contributed by atoms with Gasteiger partial charge in [0.1, 0.15) is 0 Å². The van der Waals surface area contributed by atoms with Gasteiger partial charge in [-0.25, -0.2) is 5.01 Å². The first kappa shape index (κ1) is 9.44. The molecule has 2 fully saturated rings. The summed E-state index contributed by atoms with van der Waals surface area (Å²) in [5.41, 5.74) is 3.77. The van der Waals surface area contributed by atoms with Crippen LogP contribution in [-0.4, -0.2) is 48.2 Å². The van der Waals surface area contributed by atoms with Crippen LogP contribution in [0.5, 0.6) is 0 Å². The fourth-order valence-electron chi connectivity index (χ4n) is 2.66. The largest absolute Gasteiger partial charge is 0.295 e. The van der Waals surface area contributed by atoms with Crippen LogP contribution in [0.1, 0.15) is 26.7 Å². The Morgan fingerprint density at radius 1 is 1.46 bits per heavy atom. The zero-order valence-electron chi connectivity index (χ0n) is 9.01. The minimum atomic E-state index is 0.483. The molecule has 13 heavy (non-hydrogen) atoms. The summed E-state index contributed by atoms with van der Waals surface area (Å²) in [6.07, 6.45) is 2.62. The molecule has 3 heteroatoms. The van der Waals surface area contributed by atoms with Crippen molar-refractivity contribution in [1.82, 2.24) is 15.3 Å². The molecule has 1 aliphatic carbocycles. The maximum Gasteiger partial charge on any atom is 0.0444 e. The van der Waals surface area contributed by atoms with Gasteiger partial charge in [0.2, 0.25) is 0 Å². The van der Waals surface area contributed by atoms with E-state index in [4.69, 9.17) is 0 Å². The van der Waals surface area contributed by atoms with Gasteiger partial charge in [0, 0.05) is 24.7 Å². The summed E-state index contributed by atoms with van der Waals surface area (Å²) in [4.78, 5) is 2.66. The van der Waals surface area contributed by atoms with Crippen molar-refractivity contribution in [3.8, 4) is 0 Å². The molecule has 0 aromatic heterocycles. The summed E-state index contributed by atoms with van der Waals surface area (Å²) in [5.74, 6) is 0. The summed E-state index contributed by atoms with van der Waals surface area (Å²) in [5, 5.41) is 2.40. The van der Waals surface area contributed by atoms with E-state index in [2.05, 4.69) is 29.2 Å². The van der Waals surface area contributed by atoms with E-state index in [1.54, 1.807) is 0 Å². The summed E-state index contributed by atoms with van der Waals surface area (Å²) >= 11 is 0. The molecule has 0 spiro atoms. The molecule has 1 N–H and O–H groups in total. The number of hydrazine groups is 1. The standard InChI is InChI=1S/C10H21N3/c1-4-5-12-6-7-13(11-3)9-8-10(9,12)2/h9,11H,4-8H2,1-3H3/t9-,10?/m0/s1. The molecule has 0 radical (unpaired) electrons. The molecule has 1 heterocycles. The maximum atomic E-state index is 3.29. The molecular weight excluding hydrogens is 162 g/mol. The highest BCUT2D eigenvalue weighted by molar-refractivity contribution is 5.16. The first-order chi connectivity index (χ1) is 6.22. The number of nitrogens with one attached hydrogen (secondary N) is 1. The predicted octanol–water partition coefficient (Wildman–Crippen LogP) is 0.679. The number of hydrogen-bond donors (Lipinski definition) is 1. The number of piperazine rings is 1. The van der Waals surface area contributed by atoms with Crippen LogP contribution in [0.3, 0.4) is 0 Å². The zero-order chi connectivity index (χ0) is 9.47. The molecule has 2 atom stereocenters. The Balaban J connectivity index is 1.98. The maximum absolute atomic E-state index is 3.29. The minimum absolute atomic E-state index is 0.483. The molecular formula is C10H21N3. The number of rotatable bonds is 3. The van der Waals surface area contributed by atoms with Crippen LogP contribution < -0.4 is 5.43 Å². The van der Waals surface area contributed by atoms with Crippen LogP contribution in [0.2, 0.25) is 0 Å². The predicted molar refractivity (Wildman–Crippen MR) is 54.4 cm³/mol. The normalized spacial score (nSPS) is 40.4. The molecule has 0 aromatic carbocycles. The van der Waals surface area contributed by atoms with E-state index in [1.165, 1.54) is 32.5 Å². The van der Waals surface area contributed by atoms with Crippen molar-refractivity contribution >= 4 is 0 Å². The third-order valence-electron chi connectivity index (χ3n) is 3.65.